The Kier molecular flexibility index (Phi) is 4.07. The van der Waals surface area contributed by atoms with E-state index >= 15 is 0 Å². The van der Waals surface area contributed by atoms with Crippen molar-refractivity contribution in [3.63, 3.8) is 0 Å². The van der Waals surface area contributed by atoms with Crippen molar-refractivity contribution in [1.82, 2.24) is 10.3 Å². The molecule has 0 saturated heterocycles. The molecule has 3 rings (SSSR count). The first-order valence-corrected chi connectivity index (χ1v) is 7.25. The highest BCUT2D eigenvalue weighted by molar-refractivity contribution is 6.06. The number of ether oxygens (including phenoxy) is 1. The van der Waals surface area contributed by atoms with Gasteiger partial charge in [0, 0.05) is 35.8 Å². The van der Waals surface area contributed by atoms with Gasteiger partial charge in [0.1, 0.15) is 17.2 Å². The molecule has 1 amide bonds. The van der Waals surface area contributed by atoms with Crippen molar-refractivity contribution in [2.24, 2.45) is 10.7 Å². The summed E-state index contributed by atoms with van der Waals surface area (Å²) in [6, 6.07) is 14.4. The molecule has 2 aromatic carbocycles. The summed E-state index contributed by atoms with van der Waals surface area (Å²) in [5, 5.41) is 3.36. The van der Waals surface area contributed by atoms with Gasteiger partial charge in [0.15, 0.2) is 5.96 Å². The fourth-order valence-electron chi connectivity index (χ4n) is 2.25. The zero-order chi connectivity index (χ0) is 17.1. The fraction of sp³-hybridized carbons (Fsp3) is 0.0588. The maximum Gasteiger partial charge on any atom is 0.274 e. The van der Waals surface area contributed by atoms with Crippen molar-refractivity contribution in [3.8, 4) is 11.5 Å². The third-order valence-electron chi connectivity index (χ3n) is 3.41. The number of nitrogens with two attached hydrogens (primary N) is 2. The molecule has 24 heavy (non-hydrogen) atoms. The van der Waals surface area contributed by atoms with Crippen LogP contribution in [-0.4, -0.2) is 23.9 Å². The van der Waals surface area contributed by atoms with Crippen molar-refractivity contribution in [2.75, 3.05) is 12.8 Å². The molecule has 0 radical (unpaired) electrons. The van der Waals surface area contributed by atoms with Gasteiger partial charge in [0.25, 0.3) is 5.91 Å². The minimum atomic E-state index is -0.354. The topological polar surface area (TPSA) is 119 Å². The largest absolute Gasteiger partial charge is 0.457 e. The highest BCUT2D eigenvalue weighted by Gasteiger charge is 2.11. The number of guanidine groups is 1. The van der Waals surface area contributed by atoms with E-state index in [0.29, 0.717) is 22.9 Å². The Balaban J connectivity index is 1.85. The number of anilines is 1. The minimum Gasteiger partial charge on any atom is -0.457 e. The number of hydrogen-bond acceptors (Lipinski definition) is 4. The lowest BCUT2D eigenvalue weighted by Gasteiger charge is -2.06. The average Bonchev–Trinajstić information content (AvgIpc) is 2.98. The van der Waals surface area contributed by atoms with Crippen LogP contribution in [0, 0.1) is 0 Å². The molecule has 0 aliphatic carbocycles. The summed E-state index contributed by atoms with van der Waals surface area (Å²) in [4.78, 5) is 18.8. The predicted octanol–water partition coefficient (Wildman–Crippen LogP) is 2.22. The van der Waals surface area contributed by atoms with Crippen LogP contribution in [0.1, 0.15) is 10.5 Å². The van der Waals surface area contributed by atoms with Gasteiger partial charge < -0.3 is 21.2 Å². The van der Waals surface area contributed by atoms with Crippen molar-refractivity contribution < 1.29 is 9.53 Å². The first kappa shape index (κ1) is 15.4. The van der Waals surface area contributed by atoms with Crippen molar-refractivity contribution in [1.29, 1.82) is 0 Å². The molecule has 122 valence electrons. The summed E-state index contributed by atoms with van der Waals surface area (Å²) in [5.74, 6) is 0.985. The lowest BCUT2D eigenvalue weighted by molar-refractivity contribution is 0.0972. The molecule has 1 aromatic heterocycles. The number of aromatic nitrogens is 1. The lowest BCUT2D eigenvalue weighted by Crippen LogP contribution is -2.36. The van der Waals surface area contributed by atoms with E-state index in [1.165, 1.54) is 7.05 Å². The monoisotopic (exact) mass is 323 g/mol. The summed E-state index contributed by atoms with van der Waals surface area (Å²) in [7, 11) is 1.50. The Morgan fingerprint density at radius 3 is 2.71 bits per heavy atom. The number of rotatable bonds is 3. The number of amides is 1. The van der Waals surface area contributed by atoms with Crippen LogP contribution >= 0.6 is 0 Å². The average molecular weight is 323 g/mol. The number of fused-ring (bicyclic) bond motifs is 1. The zero-order valence-corrected chi connectivity index (χ0v) is 13.0. The zero-order valence-electron chi connectivity index (χ0n) is 13.0. The van der Waals surface area contributed by atoms with Crippen LogP contribution in [0.4, 0.5) is 5.69 Å². The number of carbonyl (C=O) groups is 1. The summed E-state index contributed by atoms with van der Waals surface area (Å²) < 4.78 is 5.78. The van der Waals surface area contributed by atoms with E-state index in [9.17, 15) is 4.79 Å². The number of H-pyrrole nitrogens is 1. The van der Waals surface area contributed by atoms with Gasteiger partial charge in [-0.3, -0.25) is 15.1 Å². The first-order valence-electron chi connectivity index (χ1n) is 7.25. The Morgan fingerprint density at radius 2 is 1.96 bits per heavy atom. The smallest absolute Gasteiger partial charge is 0.274 e. The normalized spacial score (nSPS) is 11.5. The number of nitrogens with one attached hydrogen (secondary N) is 2. The van der Waals surface area contributed by atoms with Crippen LogP contribution in [0.15, 0.2) is 53.5 Å². The molecule has 1 heterocycles. The van der Waals surface area contributed by atoms with Gasteiger partial charge in [0.2, 0.25) is 0 Å². The number of aromatic amines is 1. The van der Waals surface area contributed by atoms with E-state index < -0.39 is 0 Å². The van der Waals surface area contributed by atoms with Crippen LogP contribution in [0.2, 0.25) is 0 Å². The Morgan fingerprint density at radius 1 is 1.17 bits per heavy atom. The van der Waals surface area contributed by atoms with Crippen molar-refractivity contribution >= 4 is 28.5 Å². The summed E-state index contributed by atoms with van der Waals surface area (Å²) >= 11 is 0. The second-order valence-corrected chi connectivity index (χ2v) is 5.17. The van der Waals surface area contributed by atoms with Gasteiger partial charge in [0.05, 0.1) is 0 Å². The maximum atomic E-state index is 12.0. The third kappa shape index (κ3) is 3.30. The fourth-order valence-corrected chi connectivity index (χ4v) is 2.25. The van der Waals surface area contributed by atoms with E-state index in [1.54, 1.807) is 18.2 Å². The van der Waals surface area contributed by atoms with Crippen LogP contribution < -0.4 is 21.5 Å². The molecule has 0 fully saturated rings. The molecule has 0 unspecified atom stereocenters. The molecule has 7 heteroatoms. The van der Waals surface area contributed by atoms with E-state index in [0.717, 1.165) is 10.9 Å². The standard InChI is InChI=1S/C17H17N5O2/c1-20-17(19)22-16(23)15-7-10-5-6-13(9-14(10)21-15)24-12-4-2-3-11(18)8-12/h2-9,21H,18H2,1H3,(H3,19,20,22,23). The van der Waals surface area contributed by atoms with Crippen molar-refractivity contribution in [2.45, 2.75) is 0 Å². The van der Waals surface area contributed by atoms with Gasteiger partial charge in [-0.2, -0.15) is 0 Å². The molecule has 0 aliphatic rings. The first-order chi connectivity index (χ1) is 11.5. The van der Waals surface area contributed by atoms with Gasteiger partial charge in [-0.1, -0.05) is 6.07 Å². The van der Waals surface area contributed by atoms with Crippen molar-refractivity contribution in [3.05, 3.63) is 54.2 Å². The van der Waals surface area contributed by atoms with E-state index in [1.807, 2.05) is 30.3 Å². The van der Waals surface area contributed by atoms with E-state index in [2.05, 4.69) is 15.3 Å². The Labute approximate surface area is 138 Å². The predicted molar refractivity (Wildman–Crippen MR) is 94.2 cm³/mol. The molecule has 3 aromatic rings. The third-order valence-corrected chi connectivity index (χ3v) is 3.41. The number of benzene rings is 2. The number of nitrogens with zero attached hydrogens (tertiary/aromatic N) is 1. The van der Waals surface area contributed by atoms with Gasteiger partial charge in [-0.25, -0.2) is 0 Å². The number of aliphatic imine (C=N–C) groups is 1. The number of carbonyl (C=O) groups excluding carboxylic acids is 1. The second-order valence-electron chi connectivity index (χ2n) is 5.17. The second kappa shape index (κ2) is 6.33. The maximum absolute atomic E-state index is 12.0. The summed E-state index contributed by atoms with van der Waals surface area (Å²) in [5.41, 5.74) is 13.0. The van der Waals surface area contributed by atoms with Gasteiger partial charge >= 0.3 is 0 Å². The molecule has 7 nitrogen and oxygen atoms in total. The highest BCUT2D eigenvalue weighted by atomic mass is 16.5. The molecule has 0 bridgehead atoms. The SMILES string of the molecule is CN=C(N)NC(=O)c1cc2ccc(Oc3cccc(N)c3)cc2[nH]1. The summed E-state index contributed by atoms with van der Waals surface area (Å²) in [6.45, 7) is 0. The van der Waals surface area contributed by atoms with Crippen LogP contribution in [0.5, 0.6) is 11.5 Å². The van der Waals surface area contributed by atoms with Crippen LogP contribution in [0.25, 0.3) is 10.9 Å². The highest BCUT2D eigenvalue weighted by Crippen LogP contribution is 2.26. The summed E-state index contributed by atoms with van der Waals surface area (Å²) in [6.07, 6.45) is 0. The molecule has 6 N–H and O–H groups in total. The Bertz CT molecular complexity index is 930. The van der Waals surface area contributed by atoms with E-state index in [4.69, 9.17) is 16.2 Å². The minimum absolute atomic E-state index is 0.0596. The Hall–Kier alpha value is -3.48. The number of nitrogen functional groups attached to an aromatic ring is 1. The lowest BCUT2D eigenvalue weighted by atomic mass is 10.2. The van der Waals surface area contributed by atoms with Crippen LogP contribution in [-0.2, 0) is 0 Å². The number of hydrogen-bond donors (Lipinski definition) is 4. The molecule has 0 atom stereocenters. The van der Waals surface area contributed by atoms with E-state index in [-0.39, 0.29) is 11.9 Å². The van der Waals surface area contributed by atoms with Gasteiger partial charge in [-0.15, -0.1) is 0 Å². The molecular weight excluding hydrogens is 306 g/mol. The molecule has 0 saturated carbocycles. The van der Waals surface area contributed by atoms with Crippen LogP contribution in [0.3, 0.4) is 0 Å². The molecule has 0 spiro atoms. The molecule has 0 aliphatic heterocycles. The van der Waals surface area contributed by atoms with Gasteiger partial charge in [-0.05, 0) is 30.3 Å². The molecular formula is C17H17N5O2. The quantitative estimate of drug-likeness (QED) is 0.336.